The number of nitriles is 1. The quantitative estimate of drug-likeness (QED) is 0.852. The van der Waals surface area contributed by atoms with Gasteiger partial charge in [-0.05, 0) is 30.9 Å². The molecule has 0 amide bonds. The Morgan fingerprint density at radius 2 is 2.10 bits per heavy atom. The summed E-state index contributed by atoms with van der Waals surface area (Å²) in [5, 5.41) is 8.69. The van der Waals surface area contributed by atoms with Crippen LogP contribution in [0.2, 0.25) is 0 Å². The van der Waals surface area contributed by atoms with Crippen molar-refractivity contribution in [2.24, 2.45) is 5.92 Å². The first kappa shape index (κ1) is 14.9. The van der Waals surface area contributed by atoms with E-state index in [1.54, 1.807) is 0 Å². The number of piperidine rings is 1. The lowest BCUT2D eigenvalue weighted by Gasteiger charge is -2.31. The molecule has 0 unspecified atom stereocenters. The molecule has 6 heteroatoms. The lowest BCUT2D eigenvalue weighted by molar-refractivity contribution is 0.262. The Hall–Kier alpha value is -1.45. The van der Waals surface area contributed by atoms with Gasteiger partial charge >= 0.3 is 0 Å². The topological polar surface area (TPSA) is 74.1 Å². The minimum atomic E-state index is -3.46. The van der Waals surface area contributed by atoms with E-state index in [1.165, 1.54) is 29.1 Å². The number of rotatable bonds is 4. The van der Waals surface area contributed by atoms with E-state index in [4.69, 9.17) is 5.26 Å². The summed E-state index contributed by atoms with van der Waals surface area (Å²) in [5.41, 5.74) is 0.227. The van der Waals surface area contributed by atoms with E-state index in [0.29, 0.717) is 19.0 Å². The third kappa shape index (κ3) is 3.17. The van der Waals surface area contributed by atoms with Crippen LogP contribution in [0.25, 0.3) is 0 Å². The minimum Gasteiger partial charge on any atom is -0.244 e. The number of hydrogen-bond donors (Lipinski definition) is 0. The lowest BCUT2D eigenvalue weighted by Crippen LogP contribution is -2.38. The first-order valence-corrected chi connectivity index (χ1v) is 8.38. The summed E-state index contributed by atoms with van der Waals surface area (Å²) >= 11 is 0. The van der Waals surface area contributed by atoms with Gasteiger partial charge in [-0.2, -0.15) is 9.57 Å². The standard InChI is InChI=1S/C14H19N3O2S/c1-2-3-12-6-8-17(9-7-12)20(18,19)14-5-4-13(10-15)16-11-14/h4-5,11-12H,2-3,6-9H2,1H3. The third-order valence-corrected chi connectivity index (χ3v) is 5.64. The van der Waals surface area contributed by atoms with Gasteiger partial charge in [-0.25, -0.2) is 13.4 Å². The Morgan fingerprint density at radius 1 is 1.40 bits per heavy atom. The van der Waals surface area contributed by atoms with E-state index < -0.39 is 10.0 Å². The maximum atomic E-state index is 12.5. The molecule has 1 fully saturated rings. The summed E-state index contributed by atoms with van der Waals surface area (Å²) in [6.07, 6.45) is 5.45. The van der Waals surface area contributed by atoms with Crippen LogP contribution in [0.1, 0.15) is 38.3 Å². The van der Waals surface area contributed by atoms with Crippen LogP contribution in [-0.4, -0.2) is 30.8 Å². The van der Waals surface area contributed by atoms with E-state index >= 15 is 0 Å². The lowest BCUT2D eigenvalue weighted by atomic mass is 9.94. The fourth-order valence-electron chi connectivity index (χ4n) is 2.59. The number of pyridine rings is 1. The van der Waals surface area contributed by atoms with Gasteiger partial charge in [-0.3, -0.25) is 0 Å². The van der Waals surface area contributed by atoms with Crippen molar-refractivity contribution in [1.29, 1.82) is 5.26 Å². The molecule has 1 aliphatic heterocycles. The highest BCUT2D eigenvalue weighted by atomic mass is 32.2. The van der Waals surface area contributed by atoms with Gasteiger partial charge in [0.1, 0.15) is 16.7 Å². The molecule has 1 saturated heterocycles. The van der Waals surface area contributed by atoms with Crippen molar-refractivity contribution in [1.82, 2.24) is 9.29 Å². The molecule has 0 atom stereocenters. The van der Waals surface area contributed by atoms with Gasteiger partial charge in [0, 0.05) is 19.3 Å². The average Bonchev–Trinajstić information content (AvgIpc) is 2.48. The van der Waals surface area contributed by atoms with Crippen LogP contribution >= 0.6 is 0 Å². The van der Waals surface area contributed by atoms with Crippen molar-refractivity contribution in [2.45, 2.75) is 37.5 Å². The molecule has 0 aromatic carbocycles. The number of sulfonamides is 1. The highest BCUT2D eigenvalue weighted by molar-refractivity contribution is 7.89. The largest absolute Gasteiger partial charge is 0.244 e. The molecule has 20 heavy (non-hydrogen) atoms. The highest BCUT2D eigenvalue weighted by Crippen LogP contribution is 2.26. The maximum Gasteiger partial charge on any atom is 0.244 e. The molecule has 1 aliphatic rings. The van der Waals surface area contributed by atoms with Gasteiger partial charge in [0.2, 0.25) is 10.0 Å². The molecule has 0 radical (unpaired) electrons. The summed E-state index contributed by atoms with van der Waals surface area (Å²) in [6.45, 7) is 3.31. The van der Waals surface area contributed by atoms with Crippen LogP contribution < -0.4 is 0 Å². The molecular formula is C14H19N3O2S. The molecule has 0 saturated carbocycles. The van der Waals surface area contributed by atoms with Gasteiger partial charge in [0.05, 0.1) is 0 Å². The fraction of sp³-hybridized carbons (Fsp3) is 0.571. The fourth-order valence-corrected chi connectivity index (χ4v) is 4.01. The predicted octanol–water partition coefficient (Wildman–Crippen LogP) is 2.15. The smallest absolute Gasteiger partial charge is 0.244 e. The van der Waals surface area contributed by atoms with Crippen molar-refractivity contribution >= 4 is 10.0 Å². The molecule has 0 aliphatic carbocycles. The van der Waals surface area contributed by atoms with Crippen molar-refractivity contribution in [3.63, 3.8) is 0 Å². The number of hydrogen-bond acceptors (Lipinski definition) is 4. The van der Waals surface area contributed by atoms with E-state index in [0.717, 1.165) is 19.3 Å². The van der Waals surface area contributed by atoms with Crippen LogP contribution in [0, 0.1) is 17.2 Å². The summed E-state index contributed by atoms with van der Waals surface area (Å²) in [4.78, 5) is 4.01. The summed E-state index contributed by atoms with van der Waals surface area (Å²) < 4.78 is 26.4. The van der Waals surface area contributed by atoms with E-state index in [-0.39, 0.29) is 10.6 Å². The molecule has 0 bridgehead atoms. The molecule has 1 aromatic heterocycles. The van der Waals surface area contributed by atoms with Crippen LogP contribution in [-0.2, 0) is 10.0 Å². The summed E-state index contributed by atoms with van der Waals surface area (Å²) in [7, 11) is -3.46. The Bertz CT molecular complexity index is 582. The minimum absolute atomic E-state index is 0.172. The molecule has 0 spiro atoms. The Morgan fingerprint density at radius 3 is 2.60 bits per heavy atom. The summed E-state index contributed by atoms with van der Waals surface area (Å²) in [5.74, 6) is 0.644. The monoisotopic (exact) mass is 293 g/mol. The second kappa shape index (κ2) is 6.33. The van der Waals surface area contributed by atoms with E-state index in [2.05, 4.69) is 11.9 Å². The first-order chi connectivity index (χ1) is 9.57. The highest BCUT2D eigenvalue weighted by Gasteiger charge is 2.29. The molecule has 2 rings (SSSR count). The Kier molecular flexibility index (Phi) is 4.73. The van der Waals surface area contributed by atoms with E-state index in [9.17, 15) is 8.42 Å². The normalized spacial score (nSPS) is 17.8. The Balaban J connectivity index is 2.09. The molecule has 0 N–H and O–H groups in total. The van der Waals surface area contributed by atoms with Crippen LogP contribution in [0.4, 0.5) is 0 Å². The van der Waals surface area contributed by atoms with Crippen LogP contribution in [0.15, 0.2) is 23.2 Å². The third-order valence-electron chi connectivity index (χ3n) is 3.76. The molecular weight excluding hydrogens is 274 g/mol. The zero-order valence-corrected chi connectivity index (χ0v) is 12.4. The van der Waals surface area contributed by atoms with Gasteiger partial charge in [0.25, 0.3) is 0 Å². The first-order valence-electron chi connectivity index (χ1n) is 6.94. The second-order valence-electron chi connectivity index (χ2n) is 5.13. The van der Waals surface area contributed by atoms with Gasteiger partial charge < -0.3 is 0 Å². The average molecular weight is 293 g/mol. The second-order valence-corrected chi connectivity index (χ2v) is 7.07. The predicted molar refractivity (Wildman–Crippen MR) is 75.3 cm³/mol. The molecule has 2 heterocycles. The maximum absolute atomic E-state index is 12.5. The zero-order chi connectivity index (χ0) is 14.6. The van der Waals surface area contributed by atoms with Crippen molar-refractivity contribution in [3.05, 3.63) is 24.0 Å². The Labute approximate surface area is 120 Å². The summed E-state index contributed by atoms with van der Waals surface area (Å²) in [6, 6.07) is 4.78. The molecule has 108 valence electrons. The molecule has 5 nitrogen and oxygen atoms in total. The van der Waals surface area contributed by atoms with Gasteiger partial charge in [-0.15, -0.1) is 0 Å². The zero-order valence-electron chi connectivity index (χ0n) is 11.6. The van der Waals surface area contributed by atoms with Crippen LogP contribution in [0.3, 0.4) is 0 Å². The van der Waals surface area contributed by atoms with Gasteiger partial charge in [0.15, 0.2) is 0 Å². The number of aromatic nitrogens is 1. The van der Waals surface area contributed by atoms with Gasteiger partial charge in [-0.1, -0.05) is 19.8 Å². The van der Waals surface area contributed by atoms with Crippen molar-refractivity contribution in [2.75, 3.05) is 13.1 Å². The SMILES string of the molecule is CCCC1CCN(S(=O)(=O)c2ccc(C#N)nc2)CC1. The number of nitrogens with zero attached hydrogens (tertiary/aromatic N) is 3. The van der Waals surface area contributed by atoms with Crippen molar-refractivity contribution in [3.8, 4) is 6.07 Å². The van der Waals surface area contributed by atoms with Crippen molar-refractivity contribution < 1.29 is 8.42 Å². The van der Waals surface area contributed by atoms with Crippen LogP contribution in [0.5, 0.6) is 0 Å². The molecule has 1 aromatic rings. The van der Waals surface area contributed by atoms with E-state index in [1.807, 2.05) is 6.07 Å².